The Bertz CT molecular complexity index is 652. The van der Waals surface area contributed by atoms with Crippen molar-refractivity contribution in [3.63, 3.8) is 0 Å². The van der Waals surface area contributed by atoms with Gasteiger partial charge in [-0.3, -0.25) is 10.1 Å². The van der Waals surface area contributed by atoms with Crippen molar-refractivity contribution in [1.29, 1.82) is 0 Å². The molecule has 0 spiro atoms. The number of halogens is 3. The molecule has 0 atom stereocenters. The molecular weight excluding hydrogens is 357 g/mol. The van der Waals surface area contributed by atoms with Crippen molar-refractivity contribution in [2.45, 2.75) is 0 Å². The SMILES string of the molecule is O=[N+]([O-])c1ccc(Cl)nc1Nc1ccc(Br)c(Cl)c1. The Labute approximate surface area is 126 Å². The van der Waals surface area contributed by atoms with Gasteiger partial charge < -0.3 is 5.32 Å². The third-order valence-electron chi connectivity index (χ3n) is 2.22. The molecule has 0 radical (unpaired) electrons. The van der Waals surface area contributed by atoms with Crippen LogP contribution in [0.15, 0.2) is 34.8 Å². The van der Waals surface area contributed by atoms with Crippen molar-refractivity contribution in [2.24, 2.45) is 0 Å². The summed E-state index contributed by atoms with van der Waals surface area (Å²) in [6.45, 7) is 0. The van der Waals surface area contributed by atoms with E-state index >= 15 is 0 Å². The molecule has 1 heterocycles. The monoisotopic (exact) mass is 361 g/mol. The highest BCUT2D eigenvalue weighted by Gasteiger charge is 2.16. The Hall–Kier alpha value is -1.37. The quantitative estimate of drug-likeness (QED) is 0.483. The number of nitrogens with one attached hydrogen (secondary N) is 1. The van der Waals surface area contributed by atoms with Crippen molar-refractivity contribution in [3.8, 4) is 0 Å². The Kier molecular flexibility index (Phi) is 4.24. The zero-order chi connectivity index (χ0) is 14.0. The number of benzene rings is 1. The highest BCUT2D eigenvalue weighted by Crippen LogP contribution is 2.30. The third-order valence-corrected chi connectivity index (χ3v) is 3.66. The fraction of sp³-hybridized carbons (Fsp3) is 0. The smallest absolute Gasteiger partial charge is 0.311 e. The summed E-state index contributed by atoms with van der Waals surface area (Å²) in [5, 5.41) is 14.4. The van der Waals surface area contributed by atoms with E-state index in [1.165, 1.54) is 12.1 Å². The van der Waals surface area contributed by atoms with E-state index in [4.69, 9.17) is 23.2 Å². The molecule has 19 heavy (non-hydrogen) atoms. The minimum atomic E-state index is -0.536. The second kappa shape index (κ2) is 5.73. The lowest BCUT2D eigenvalue weighted by atomic mass is 10.3. The van der Waals surface area contributed by atoms with Crippen LogP contribution in [-0.4, -0.2) is 9.91 Å². The Morgan fingerprint density at radius 1 is 1.26 bits per heavy atom. The molecule has 2 aromatic rings. The molecule has 5 nitrogen and oxygen atoms in total. The third kappa shape index (κ3) is 3.34. The Morgan fingerprint density at radius 2 is 2.00 bits per heavy atom. The summed E-state index contributed by atoms with van der Waals surface area (Å²) in [7, 11) is 0. The van der Waals surface area contributed by atoms with Crippen LogP contribution in [0.1, 0.15) is 0 Å². The van der Waals surface area contributed by atoms with Crippen LogP contribution in [0.2, 0.25) is 10.2 Å². The van der Waals surface area contributed by atoms with Crippen molar-refractivity contribution in [1.82, 2.24) is 4.98 Å². The lowest BCUT2D eigenvalue weighted by molar-refractivity contribution is -0.384. The molecule has 0 fully saturated rings. The lowest BCUT2D eigenvalue weighted by Gasteiger charge is -2.07. The molecule has 1 aromatic carbocycles. The number of hydrogen-bond acceptors (Lipinski definition) is 4. The number of hydrogen-bond donors (Lipinski definition) is 1. The summed E-state index contributed by atoms with van der Waals surface area (Å²) >= 11 is 14.9. The van der Waals surface area contributed by atoms with Gasteiger partial charge in [0, 0.05) is 16.2 Å². The van der Waals surface area contributed by atoms with E-state index < -0.39 is 4.92 Å². The normalized spacial score (nSPS) is 10.3. The molecule has 8 heteroatoms. The summed E-state index contributed by atoms with van der Waals surface area (Å²) in [6.07, 6.45) is 0. The van der Waals surface area contributed by atoms with Gasteiger partial charge in [0.1, 0.15) is 5.15 Å². The maximum absolute atomic E-state index is 10.9. The van der Waals surface area contributed by atoms with Crippen LogP contribution in [-0.2, 0) is 0 Å². The van der Waals surface area contributed by atoms with Gasteiger partial charge in [0.2, 0.25) is 5.82 Å². The molecule has 0 aliphatic carbocycles. The van der Waals surface area contributed by atoms with Gasteiger partial charge in [-0.25, -0.2) is 4.98 Å². The first-order valence-electron chi connectivity index (χ1n) is 5.00. The van der Waals surface area contributed by atoms with Crippen LogP contribution < -0.4 is 5.32 Å². The molecule has 0 aliphatic rings. The van der Waals surface area contributed by atoms with E-state index in [1.54, 1.807) is 18.2 Å². The van der Waals surface area contributed by atoms with Gasteiger partial charge in [0.15, 0.2) is 0 Å². The first-order valence-corrected chi connectivity index (χ1v) is 6.55. The fourth-order valence-corrected chi connectivity index (χ4v) is 1.95. The maximum Gasteiger partial charge on any atom is 0.311 e. The van der Waals surface area contributed by atoms with Gasteiger partial charge in [0.25, 0.3) is 0 Å². The van der Waals surface area contributed by atoms with Crippen LogP contribution in [0.3, 0.4) is 0 Å². The van der Waals surface area contributed by atoms with Gasteiger partial charge >= 0.3 is 5.69 Å². The molecule has 1 aromatic heterocycles. The highest BCUT2D eigenvalue weighted by molar-refractivity contribution is 9.10. The average molecular weight is 363 g/mol. The zero-order valence-corrected chi connectivity index (χ0v) is 12.3. The Morgan fingerprint density at radius 3 is 2.63 bits per heavy atom. The molecule has 98 valence electrons. The summed E-state index contributed by atoms with van der Waals surface area (Å²) in [5.74, 6) is 0.0656. The molecule has 0 aliphatic heterocycles. The first-order chi connectivity index (χ1) is 8.97. The van der Waals surface area contributed by atoms with Crippen LogP contribution in [0, 0.1) is 10.1 Å². The van der Waals surface area contributed by atoms with E-state index in [-0.39, 0.29) is 16.7 Å². The second-order valence-electron chi connectivity index (χ2n) is 3.51. The molecule has 1 N–H and O–H groups in total. The van der Waals surface area contributed by atoms with Crippen LogP contribution in [0.4, 0.5) is 17.2 Å². The van der Waals surface area contributed by atoms with Gasteiger partial charge in [-0.1, -0.05) is 23.2 Å². The number of anilines is 2. The number of nitro groups is 1. The molecule has 0 saturated heterocycles. The van der Waals surface area contributed by atoms with E-state index in [0.717, 1.165) is 4.47 Å². The van der Waals surface area contributed by atoms with Crippen LogP contribution in [0.5, 0.6) is 0 Å². The molecular formula is C11H6BrCl2N3O2. The largest absolute Gasteiger partial charge is 0.334 e. The molecule has 0 unspecified atom stereocenters. The van der Waals surface area contributed by atoms with Crippen LogP contribution >= 0.6 is 39.1 Å². The fourth-order valence-electron chi connectivity index (χ4n) is 1.38. The number of rotatable bonds is 3. The standard InChI is InChI=1S/C11H6BrCl2N3O2/c12-7-2-1-6(5-8(7)13)15-11-9(17(18)19)3-4-10(14)16-11/h1-5H,(H,15,16). The highest BCUT2D eigenvalue weighted by atomic mass is 79.9. The maximum atomic E-state index is 10.9. The minimum Gasteiger partial charge on any atom is -0.334 e. The lowest BCUT2D eigenvalue weighted by Crippen LogP contribution is -1.99. The molecule has 2 rings (SSSR count). The van der Waals surface area contributed by atoms with E-state index in [2.05, 4.69) is 26.2 Å². The van der Waals surface area contributed by atoms with Gasteiger partial charge in [0.05, 0.1) is 9.95 Å². The minimum absolute atomic E-state index is 0.0656. The predicted octanol–water partition coefficient (Wildman–Crippen LogP) is 4.80. The van der Waals surface area contributed by atoms with Gasteiger partial charge in [-0.15, -0.1) is 0 Å². The summed E-state index contributed by atoms with van der Waals surface area (Å²) in [5.41, 5.74) is 0.412. The van der Waals surface area contributed by atoms with Crippen molar-refractivity contribution < 1.29 is 4.92 Å². The van der Waals surface area contributed by atoms with E-state index in [9.17, 15) is 10.1 Å². The Balaban J connectivity index is 2.39. The van der Waals surface area contributed by atoms with Crippen LogP contribution in [0.25, 0.3) is 0 Å². The summed E-state index contributed by atoms with van der Waals surface area (Å²) in [4.78, 5) is 14.3. The van der Waals surface area contributed by atoms with Crippen molar-refractivity contribution in [3.05, 3.63) is 55.1 Å². The summed E-state index contributed by atoms with van der Waals surface area (Å²) < 4.78 is 0.730. The predicted molar refractivity (Wildman–Crippen MR) is 78.3 cm³/mol. The second-order valence-corrected chi connectivity index (χ2v) is 5.16. The first kappa shape index (κ1) is 14.0. The van der Waals surface area contributed by atoms with Crippen molar-refractivity contribution in [2.75, 3.05) is 5.32 Å². The van der Waals surface area contributed by atoms with Gasteiger partial charge in [-0.2, -0.15) is 0 Å². The average Bonchev–Trinajstić information content (AvgIpc) is 2.33. The van der Waals surface area contributed by atoms with E-state index in [0.29, 0.717) is 10.7 Å². The zero-order valence-electron chi connectivity index (χ0n) is 9.23. The van der Waals surface area contributed by atoms with Crippen molar-refractivity contribution >= 4 is 56.3 Å². The number of nitrogens with zero attached hydrogens (tertiary/aromatic N) is 2. The van der Waals surface area contributed by atoms with Gasteiger partial charge in [-0.05, 0) is 40.2 Å². The number of aromatic nitrogens is 1. The summed E-state index contributed by atoms with van der Waals surface area (Å²) in [6, 6.07) is 7.71. The molecule has 0 amide bonds. The topological polar surface area (TPSA) is 68.1 Å². The molecule has 0 saturated carbocycles. The van der Waals surface area contributed by atoms with E-state index in [1.807, 2.05) is 0 Å². The molecule has 0 bridgehead atoms. The number of pyridine rings is 1.